The Labute approximate surface area is 170 Å². The van der Waals surface area contributed by atoms with Crippen LogP contribution in [0.1, 0.15) is 31.1 Å². The number of fused-ring (bicyclic) bond motifs is 1. The van der Waals surface area contributed by atoms with E-state index in [0.29, 0.717) is 11.0 Å². The number of nitrogens with one attached hydrogen (secondary N) is 2. The summed E-state index contributed by atoms with van der Waals surface area (Å²) < 4.78 is 38.0. The number of ether oxygens (including phenoxy) is 1. The summed E-state index contributed by atoms with van der Waals surface area (Å²) >= 11 is 0. The Morgan fingerprint density at radius 2 is 1.73 bits per heavy atom. The molecule has 0 aliphatic rings. The molecule has 0 unspecified atom stereocenters. The van der Waals surface area contributed by atoms with E-state index in [2.05, 4.69) is 10.9 Å². The molecule has 0 fully saturated rings. The summed E-state index contributed by atoms with van der Waals surface area (Å²) in [6.07, 6.45) is 1.27. The maximum absolute atomic E-state index is 14.2. The van der Waals surface area contributed by atoms with Crippen molar-refractivity contribution in [2.45, 2.75) is 26.4 Å². The lowest BCUT2D eigenvalue weighted by Crippen LogP contribution is -2.52. The summed E-state index contributed by atoms with van der Waals surface area (Å²) in [4.78, 5) is 35.6. The SMILES string of the molecule is CC(=O)OC(C)(C)C(=O)NNC(=O)c1ccc2occ(-c3cc(F)ccc3F)c2c1. The zero-order valence-electron chi connectivity index (χ0n) is 16.3. The van der Waals surface area contributed by atoms with Crippen LogP contribution < -0.4 is 10.9 Å². The highest BCUT2D eigenvalue weighted by molar-refractivity contribution is 6.02. The summed E-state index contributed by atoms with van der Waals surface area (Å²) in [5.74, 6) is -3.32. The van der Waals surface area contributed by atoms with Gasteiger partial charge in [-0.1, -0.05) is 0 Å². The number of esters is 1. The molecule has 3 rings (SSSR count). The third kappa shape index (κ3) is 4.29. The number of hydrogen-bond acceptors (Lipinski definition) is 5. The van der Waals surface area contributed by atoms with Gasteiger partial charge in [-0.15, -0.1) is 0 Å². The fourth-order valence-electron chi connectivity index (χ4n) is 2.82. The van der Waals surface area contributed by atoms with Gasteiger partial charge < -0.3 is 9.15 Å². The second kappa shape index (κ2) is 7.94. The number of hydrazine groups is 1. The minimum absolute atomic E-state index is 0.0113. The van der Waals surface area contributed by atoms with Crippen molar-refractivity contribution in [1.29, 1.82) is 0 Å². The number of amides is 2. The number of furan rings is 1. The largest absolute Gasteiger partial charge is 0.464 e. The Morgan fingerprint density at radius 3 is 2.43 bits per heavy atom. The Balaban J connectivity index is 1.83. The number of carbonyl (C=O) groups excluding carboxylic acids is 3. The van der Waals surface area contributed by atoms with E-state index >= 15 is 0 Å². The van der Waals surface area contributed by atoms with Crippen LogP contribution in [0.5, 0.6) is 0 Å². The van der Waals surface area contributed by atoms with Crippen LogP contribution in [-0.2, 0) is 14.3 Å². The number of halogens is 2. The van der Waals surface area contributed by atoms with E-state index in [1.807, 2.05) is 0 Å². The highest BCUT2D eigenvalue weighted by Crippen LogP contribution is 2.33. The van der Waals surface area contributed by atoms with E-state index in [9.17, 15) is 23.2 Å². The summed E-state index contributed by atoms with van der Waals surface area (Å²) in [6, 6.07) is 7.40. The molecule has 3 aromatic rings. The van der Waals surface area contributed by atoms with Crippen LogP contribution in [0.2, 0.25) is 0 Å². The Morgan fingerprint density at radius 1 is 1.00 bits per heavy atom. The van der Waals surface area contributed by atoms with Crippen LogP contribution in [0.25, 0.3) is 22.1 Å². The molecule has 1 heterocycles. The molecule has 2 aromatic carbocycles. The van der Waals surface area contributed by atoms with Crippen molar-refractivity contribution in [3.05, 3.63) is 59.9 Å². The molecule has 2 amide bonds. The van der Waals surface area contributed by atoms with E-state index in [1.165, 1.54) is 38.3 Å². The summed E-state index contributed by atoms with van der Waals surface area (Å²) in [5.41, 5.74) is 3.67. The van der Waals surface area contributed by atoms with Gasteiger partial charge in [-0.2, -0.15) is 0 Å². The van der Waals surface area contributed by atoms with Gasteiger partial charge in [0, 0.05) is 29.0 Å². The van der Waals surface area contributed by atoms with Crippen molar-refractivity contribution < 1.29 is 32.3 Å². The zero-order valence-corrected chi connectivity index (χ0v) is 16.3. The average molecular weight is 416 g/mol. The number of hydrogen-bond donors (Lipinski definition) is 2. The highest BCUT2D eigenvalue weighted by Gasteiger charge is 2.31. The third-order valence-corrected chi connectivity index (χ3v) is 4.29. The molecule has 2 N–H and O–H groups in total. The van der Waals surface area contributed by atoms with Crippen molar-refractivity contribution in [3.8, 4) is 11.1 Å². The van der Waals surface area contributed by atoms with Crippen LogP contribution in [-0.4, -0.2) is 23.4 Å². The average Bonchev–Trinajstić information content (AvgIpc) is 3.09. The van der Waals surface area contributed by atoms with Gasteiger partial charge in [0.15, 0.2) is 5.60 Å². The van der Waals surface area contributed by atoms with Crippen molar-refractivity contribution in [3.63, 3.8) is 0 Å². The van der Waals surface area contributed by atoms with Crippen LogP contribution in [0.3, 0.4) is 0 Å². The molecule has 9 heteroatoms. The molecule has 156 valence electrons. The first kappa shape index (κ1) is 21.0. The minimum atomic E-state index is -1.49. The van der Waals surface area contributed by atoms with Gasteiger partial charge in [0.05, 0.1) is 6.26 Å². The standard InChI is InChI=1S/C21H18F2N2O5/c1-11(26)30-21(2,3)20(28)25-24-19(27)12-4-7-18-15(8-12)16(10-29-18)14-9-13(22)5-6-17(14)23/h4-10H,1-3H3,(H,24,27)(H,25,28). The van der Waals surface area contributed by atoms with Crippen molar-refractivity contribution in [1.82, 2.24) is 10.9 Å². The maximum atomic E-state index is 14.2. The lowest BCUT2D eigenvalue weighted by atomic mass is 10.0. The van der Waals surface area contributed by atoms with Crippen LogP contribution in [0.15, 0.2) is 47.1 Å². The second-order valence-electron chi connectivity index (χ2n) is 7.00. The Kier molecular flexibility index (Phi) is 5.55. The molecular weight excluding hydrogens is 398 g/mol. The molecule has 1 aromatic heterocycles. The van der Waals surface area contributed by atoms with E-state index in [-0.39, 0.29) is 16.7 Å². The van der Waals surface area contributed by atoms with Crippen molar-refractivity contribution in [2.75, 3.05) is 0 Å². The smallest absolute Gasteiger partial charge is 0.303 e. The molecule has 0 atom stereocenters. The first-order valence-electron chi connectivity index (χ1n) is 8.85. The van der Waals surface area contributed by atoms with Gasteiger partial charge in [-0.05, 0) is 50.2 Å². The number of benzene rings is 2. The van der Waals surface area contributed by atoms with Crippen molar-refractivity contribution in [2.24, 2.45) is 0 Å². The van der Waals surface area contributed by atoms with Crippen LogP contribution in [0.4, 0.5) is 8.78 Å². The molecular formula is C21H18F2N2O5. The highest BCUT2D eigenvalue weighted by atomic mass is 19.1. The fourth-order valence-corrected chi connectivity index (χ4v) is 2.82. The molecule has 30 heavy (non-hydrogen) atoms. The number of carbonyl (C=O) groups is 3. The lowest BCUT2D eigenvalue weighted by Gasteiger charge is -2.23. The molecule has 0 aliphatic carbocycles. The maximum Gasteiger partial charge on any atom is 0.303 e. The van der Waals surface area contributed by atoms with Gasteiger partial charge in [0.1, 0.15) is 17.2 Å². The first-order valence-corrected chi connectivity index (χ1v) is 8.85. The van der Waals surface area contributed by atoms with Crippen LogP contribution >= 0.6 is 0 Å². The quantitative estimate of drug-likeness (QED) is 0.501. The molecule has 0 saturated heterocycles. The predicted molar refractivity (Wildman–Crippen MR) is 103 cm³/mol. The Hall–Kier alpha value is -3.75. The minimum Gasteiger partial charge on any atom is -0.464 e. The second-order valence-corrected chi connectivity index (χ2v) is 7.00. The number of rotatable bonds is 4. The van der Waals surface area contributed by atoms with Gasteiger partial charge in [-0.3, -0.25) is 25.2 Å². The normalized spacial score (nSPS) is 11.2. The van der Waals surface area contributed by atoms with E-state index in [4.69, 9.17) is 9.15 Å². The third-order valence-electron chi connectivity index (χ3n) is 4.29. The van der Waals surface area contributed by atoms with E-state index in [1.54, 1.807) is 0 Å². The Bertz CT molecular complexity index is 1150. The van der Waals surface area contributed by atoms with Gasteiger partial charge in [0.25, 0.3) is 11.8 Å². The molecule has 7 nitrogen and oxygen atoms in total. The first-order chi connectivity index (χ1) is 14.1. The fraction of sp³-hybridized carbons (Fsp3) is 0.190. The molecule has 0 saturated carbocycles. The van der Waals surface area contributed by atoms with Gasteiger partial charge in [-0.25, -0.2) is 8.78 Å². The topological polar surface area (TPSA) is 97.6 Å². The molecule has 0 spiro atoms. The monoisotopic (exact) mass is 416 g/mol. The predicted octanol–water partition coefficient (Wildman–Crippen LogP) is 3.48. The summed E-state index contributed by atoms with van der Waals surface area (Å²) in [6.45, 7) is 3.90. The molecule has 0 aliphatic heterocycles. The molecule has 0 bridgehead atoms. The summed E-state index contributed by atoms with van der Waals surface area (Å²) in [5, 5.41) is 0.388. The van der Waals surface area contributed by atoms with E-state index < -0.39 is 35.0 Å². The summed E-state index contributed by atoms with van der Waals surface area (Å²) in [7, 11) is 0. The lowest BCUT2D eigenvalue weighted by molar-refractivity contribution is -0.163. The zero-order chi connectivity index (χ0) is 22.1. The van der Waals surface area contributed by atoms with Gasteiger partial charge in [0.2, 0.25) is 0 Å². The molecule has 0 radical (unpaired) electrons. The van der Waals surface area contributed by atoms with Crippen LogP contribution in [0, 0.1) is 11.6 Å². The van der Waals surface area contributed by atoms with Gasteiger partial charge >= 0.3 is 5.97 Å². The van der Waals surface area contributed by atoms with Crippen molar-refractivity contribution >= 4 is 28.8 Å². The van der Waals surface area contributed by atoms with E-state index in [0.717, 1.165) is 25.1 Å².